The first-order chi connectivity index (χ1) is 12.3. The molecule has 0 aliphatic carbocycles. The predicted octanol–water partition coefficient (Wildman–Crippen LogP) is 2.41. The molecule has 1 aromatic rings. The summed E-state index contributed by atoms with van der Waals surface area (Å²) in [6, 6.07) is 9.31. The first-order valence-corrected chi connectivity index (χ1v) is 9.60. The first-order valence-electron chi connectivity index (χ1n) is 9.60. The standard InChI is InChI=1S/C20H34N4O/c1-4-19(15-23-20(21-5-2)22-12-8-14-25-3)24-13-11-17-9-6-7-10-18(17)16-24/h6-7,9-10,19H,4-5,8,11-16H2,1-3H3,(H2,21,22,23). The van der Waals surface area contributed by atoms with Crippen LogP contribution in [0.2, 0.25) is 0 Å². The molecule has 0 saturated heterocycles. The van der Waals surface area contributed by atoms with Gasteiger partial charge in [-0.2, -0.15) is 0 Å². The van der Waals surface area contributed by atoms with E-state index in [9.17, 15) is 0 Å². The van der Waals surface area contributed by atoms with Crippen molar-refractivity contribution < 1.29 is 4.74 Å². The second-order valence-corrected chi connectivity index (χ2v) is 6.54. The highest BCUT2D eigenvalue weighted by Crippen LogP contribution is 2.21. The molecule has 0 amide bonds. The second kappa shape index (κ2) is 11.1. The minimum Gasteiger partial charge on any atom is -0.385 e. The van der Waals surface area contributed by atoms with Crippen LogP contribution in [0.15, 0.2) is 29.3 Å². The SMILES string of the molecule is CCNC(=NCC(CC)N1CCc2ccccc2C1)NCCCOC. The van der Waals surface area contributed by atoms with Crippen molar-refractivity contribution >= 4 is 5.96 Å². The normalized spacial score (nSPS) is 16.4. The van der Waals surface area contributed by atoms with Crippen LogP contribution in [0.25, 0.3) is 0 Å². The summed E-state index contributed by atoms with van der Waals surface area (Å²) < 4.78 is 5.10. The lowest BCUT2D eigenvalue weighted by molar-refractivity contribution is 0.178. The molecule has 0 fully saturated rings. The van der Waals surface area contributed by atoms with Crippen molar-refractivity contribution in [1.29, 1.82) is 0 Å². The smallest absolute Gasteiger partial charge is 0.191 e. The molecule has 1 aliphatic rings. The molecular formula is C20H34N4O. The Balaban J connectivity index is 1.90. The van der Waals surface area contributed by atoms with Crippen molar-refractivity contribution in [3.05, 3.63) is 35.4 Å². The van der Waals surface area contributed by atoms with Gasteiger partial charge in [0, 0.05) is 45.9 Å². The van der Waals surface area contributed by atoms with Crippen LogP contribution in [-0.2, 0) is 17.7 Å². The number of fused-ring (bicyclic) bond motifs is 1. The van der Waals surface area contributed by atoms with Gasteiger partial charge in [-0.25, -0.2) is 0 Å². The fraction of sp³-hybridized carbons (Fsp3) is 0.650. The number of ether oxygens (including phenoxy) is 1. The maximum absolute atomic E-state index is 5.10. The third-order valence-corrected chi connectivity index (χ3v) is 4.77. The van der Waals surface area contributed by atoms with E-state index in [2.05, 4.69) is 53.6 Å². The molecule has 0 bridgehead atoms. The van der Waals surface area contributed by atoms with E-state index in [-0.39, 0.29) is 0 Å². The highest BCUT2D eigenvalue weighted by molar-refractivity contribution is 5.79. The van der Waals surface area contributed by atoms with Gasteiger partial charge in [0.2, 0.25) is 0 Å². The lowest BCUT2D eigenvalue weighted by atomic mass is 9.98. The molecule has 0 saturated carbocycles. The third kappa shape index (κ3) is 6.33. The molecule has 1 heterocycles. The molecule has 5 nitrogen and oxygen atoms in total. The van der Waals surface area contributed by atoms with Gasteiger partial charge in [-0.05, 0) is 37.3 Å². The van der Waals surface area contributed by atoms with Crippen LogP contribution in [0, 0.1) is 0 Å². The molecule has 25 heavy (non-hydrogen) atoms. The maximum Gasteiger partial charge on any atom is 0.191 e. The molecule has 0 spiro atoms. The number of nitrogens with zero attached hydrogens (tertiary/aromatic N) is 2. The van der Waals surface area contributed by atoms with E-state index in [0.29, 0.717) is 6.04 Å². The monoisotopic (exact) mass is 346 g/mol. The van der Waals surface area contributed by atoms with Gasteiger partial charge in [-0.3, -0.25) is 9.89 Å². The van der Waals surface area contributed by atoms with Gasteiger partial charge in [-0.1, -0.05) is 31.2 Å². The molecule has 0 radical (unpaired) electrons. The number of nitrogens with one attached hydrogen (secondary N) is 2. The van der Waals surface area contributed by atoms with Crippen LogP contribution < -0.4 is 10.6 Å². The zero-order valence-corrected chi connectivity index (χ0v) is 16.1. The van der Waals surface area contributed by atoms with E-state index in [1.165, 1.54) is 11.1 Å². The second-order valence-electron chi connectivity index (χ2n) is 6.54. The fourth-order valence-corrected chi connectivity index (χ4v) is 3.29. The van der Waals surface area contributed by atoms with Crippen molar-refractivity contribution in [2.75, 3.05) is 39.9 Å². The summed E-state index contributed by atoms with van der Waals surface area (Å²) in [5.74, 6) is 0.912. The Labute approximate surface area is 152 Å². The van der Waals surface area contributed by atoms with Gasteiger partial charge in [0.25, 0.3) is 0 Å². The number of benzene rings is 1. The topological polar surface area (TPSA) is 48.9 Å². The van der Waals surface area contributed by atoms with Crippen molar-refractivity contribution in [3.63, 3.8) is 0 Å². The molecule has 1 unspecified atom stereocenters. The van der Waals surface area contributed by atoms with E-state index in [1.54, 1.807) is 7.11 Å². The molecule has 2 N–H and O–H groups in total. The van der Waals surface area contributed by atoms with Crippen molar-refractivity contribution in [1.82, 2.24) is 15.5 Å². The Morgan fingerprint density at radius 3 is 2.76 bits per heavy atom. The zero-order valence-electron chi connectivity index (χ0n) is 16.1. The van der Waals surface area contributed by atoms with E-state index < -0.39 is 0 Å². The largest absolute Gasteiger partial charge is 0.385 e. The number of hydrogen-bond acceptors (Lipinski definition) is 3. The maximum atomic E-state index is 5.10. The Kier molecular flexibility index (Phi) is 8.77. The Morgan fingerprint density at radius 1 is 1.24 bits per heavy atom. The summed E-state index contributed by atoms with van der Waals surface area (Å²) in [4.78, 5) is 7.41. The summed E-state index contributed by atoms with van der Waals surface area (Å²) in [5, 5.41) is 6.73. The van der Waals surface area contributed by atoms with E-state index >= 15 is 0 Å². The van der Waals surface area contributed by atoms with Crippen LogP contribution in [0.4, 0.5) is 0 Å². The fourth-order valence-electron chi connectivity index (χ4n) is 3.29. The number of hydrogen-bond donors (Lipinski definition) is 2. The molecule has 140 valence electrons. The quantitative estimate of drug-likeness (QED) is 0.410. The van der Waals surface area contributed by atoms with Gasteiger partial charge in [0.1, 0.15) is 0 Å². The van der Waals surface area contributed by atoms with Crippen molar-refractivity contribution in [2.45, 2.75) is 45.7 Å². The van der Waals surface area contributed by atoms with Gasteiger partial charge < -0.3 is 15.4 Å². The van der Waals surface area contributed by atoms with Crippen LogP contribution in [0.5, 0.6) is 0 Å². The van der Waals surface area contributed by atoms with E-state index in [0.717, 1.165) is 64.6 Å². The first kappa shape index (κ1) is 19.7. The summed E-state index contributed by atoms with van der Waals surface area (Å²) in [6.45, 7) is 9.91. The van der Waals surface area contributed by atoms with Crippen LogP contribution >= 0.6 is 0 Å². The molecule has 1 aliphatic heterocycles. The van der Waals surface area contributed by atoms with Gasteiger partial charge in [0.05, 0.1) is 6.54 Å². The third-order valence-electron chi connectivity index (χ3n) is 4.77. The molecule has 1 aromatic carbocycles. The van der Waals surface area contributed by atoms with Gasteiger partial charge in [0.15, 0.2) is 5.96 Å². The Morgan fingerprint density at radius 2 is 2.04 bits per heavy atom. The average Bonchev–Trinajstić information content (AvgIpc) is 2.65. The molecule has 0 aromatic heterocycles. The number of rotatable bonds is 9. The van der Waals surface area contributed by atoms with Gasteiger partial charge >= 0.3 is 0 Å². The molecule has 2 rings (SSSR count). The molecular weight excluding hydrogens is 312 g/mol. The highest BCUT2D eigenvalue weighted by Gasteiger charge is 2.22. The number of aliphatic imine (C=N–C) groups is 1. The number of methoxy groups -OCH3 is 1. The summed E-state index contributed by atoms with van der Waals surface area (Å²) in [6.07, 6.45) is 3.25. The number of guanidine groups is 1. The van der Waals surface area contributed by atoms with Crippen molar-refractivity contribution in [3.8, 4) is 0 Å². The zero-order chi connectivity index (χ0) is 17.9. The lowest BCUT2D eigenvalue weighted by Gasteiger charge is -2.34. The summed E-state index contributed by atoms with van der Waals surface area (Å²) in [7, 11) is 1.74. The predicted molar refractivity (Wildman–Crippen MR) is 105 cm³/mol. The summed E-state index contributed by atoms with van der Waals surface area (Å²) in [5.41, 5.74) is 2.98. The van der Waals surface area contributed by atoms with Crippen LogP contribution in [0.3, 0.4) is 0 Å². The lowest BCUT2D eigenvalue weighted by Crippen LogP contribution is -2.43. The van der Waals surface area contributed by atoms with Crippen LogP contribution in [-0.4, -0.2) is 56.8 Å². The minimum atomic E-state index is 0.489. The summed E-state index contributed by atoms with van der Waals surface area (Å²) >= 11 is 0. The Hall–Kier alpha value is -1.59. The highest BCUT2D eigenvalue weighted by atomic mass is 16.5. The van der Waals surface area contributed by atoms with E-state index in [1.807, 2.05) is 0 Å². The average molecular weight is 347 g/mol. The Bertz CT molecular complexity index is 532. The van der Waals surface area contributed by atoms with Gasteiger partial charge in [-0.15, -0.1) is 0 Å². The molecule has 5 heteroatoms. The minimum absolute atomic E-state index is 0.489. The molecule has 1 atom stereocenters. The van der Waals surface area contributed by atoms with Crippen LogP contribution in [0.1, 0.15) is 37.8 Å². The van der Waals surface area contributed by atoms with E-state index in [4.69, 9.17) is 9.73 Å². The van der Waals surface area contributed by atoms with Crippen molar-refractivity contribution in [2.24, 2.45) is 4.99 Å².